The van der Waals surface area contributed by atoms with Crippen LogP contribution in [-0.4, -0.2) is 50.2 Å². The highest BCUT2D eigenvalue weighted by Crippen LogP contribution is 2.25. The van der Waals surface area contributed by atoms with Gasteiger partial charge in [-0.25, -0.2) is 4.98 Å². The maximum Gasteiger partial charge on any atom is 0.255 e. The largest absolute Gasteiger partial charge is 0.353 e. The van der Waals surface area contributed by atoms with Crippen molar-refractivity contribution < 1.29 is 9.59 Å². The highest BCUT2D eigenvalue weighted by atomic mass is 16.2. The second-order valence-electron chi connectivity index (χ2n) is 7.54. The predicted molar refractivity (Wildman–Crippen MR) is 110 cm³/mol. The molecular formula is C22H25N5O2. The van der Waals surface area contributed by atoms with E-state index in [1.54, 1.807) is 17.3 Å². The molecule has 3 aromatic heterocycles. The SMILES string of the molecule is CCC(=O)NC1CCC(N(C)C(=O)c2ccc(-c3ccc4nccn4c3)nc2)C1. The van der Waals surface area contributed by atoms with Gasteiger partial charge in [0.2, 0.25) is 5.91 Å². The quantitative estimate of drug-likeness (QED) is 0.725. The van der Waals surface area contributed by atoms with E-state index in [4.69, 9.17) is 0 Å². The number of nitrogens with zero attached hydrogens (tertiary/aromatic N) is 4. The summed E-state index contributed by atoms with van der Waals surface area (Å²) in [5.41, 5.74) is 3.23. The third-order valence-electron chi connectivity index (χ3n) is 5.65. The highest BCUT2D eigenvalue weighted by Gasteiger charge is 2.31. The van der Waals surface area contributed by atoms with Crippen molar-refractivity contribution in [3.63, 3.8) is 0 Å². The van der Waals surface area contributed by atoms with Gasteiger partial charge in [-0.15, -0.1) is 0 Å². The number of carbonyl (C=O) groups excluding carboxylic acids is 2. The van der Waals surface area contributed by atoms with E-state index in [2.05, 4.69) is 15.3 Å². The van der Waals surface area contributed by atoms with Crippen molar-refractivity contribution in [2.45, 2.75) is 44.7 Å². The first-order chi connectivity index (χ1) is 14.0. The molecule has 0 aromatic carbocycles. The summed E-state index contributed by atoms with van der Waals surface area (Å²) in [5.74, 6) is 0.0277. The van der Waals surface area contributed by atoms with Crippen molar-refractivity contribution in [2.24, 2.45) is 0 Å². The van der Waals surface area contributed by atoms with Crippen LogP contribution in [0.3, 0.4) is 0 Å². The summed E-state index contributed by atoms with van der Waals surface area (Å²) in [7, 11) is 1.83. The molecular weight excluding hydrogens is 366 g/mol. The van der Waals surface area contributed by atoms with Crippen molar-refractivity contribution in [3.05, 3.63) is 54.6 Å². The second kappa shape index (κ2) is 8.03. The first kappa shape index (κ1) is 19.1. The van der Waals surface area contributed by atoms with Crippen LogP contribution in [0.2, 0.25) is 0 Å². The average Bonchev–Trinajstić information content (AvgIpc) is 3.41. The molecule has 2 atom stereocenters. The Kier molecular flexibility index (Phi) is 5.29. The van der Waals surface area contributed by atoms with Gasteiger partial charge in [0, 0.05) is 55.9 Å². The summed E-state index contributed by atoms with van der Waals surface area (Å²) in [6, 6.07) is 7.90. The molecule has 3 aromatic rings. The number of amides is 2. The normalized spacial score (nSPS) is 18.7. The maximum atomic E-state index is 12.9. The van der Waals surface area contributed by atoms with Gasteiger partial charge in [-0.05, 0) is 43.5 Å². The van der Waals surface area contributed by atoms with Gasteiger partial charge >= 0.3 is 0 Å². The minimum absolute atomic E-state index is 0.0402. The van der Waals surface area contributed by atoms with Crippen molar-refractivity contribution in [3.8, 4) is 11.3 Å². The molecule has 1 N–H and O–H groups in total. The van der Waals surface area contributed by atoms with Gasteiger partial charge in [-0.2, -0.15) is 0 Å². The lowest BCUT2D eigenvalue weighted by Gasteiger charge is -2.25. The van der Waals surface area contributed by atoms with Crippen LogP contribution in [0.15, 0.2) is 49.1 Å². The van der Waals surface area contributed by atoms with Gasteiger partial charge in [0.05, 0.1) is 11.3 Å². The smallest absolute Gasteiger partial charge is 0.255 e. The monoisotopic (exact) mass is 391 g/mol. The summed E-state index contributed by atoms with van der Waals surface area (Å²) in [6.07, 6.45) is 10.3. The Hall–Kier alpha value is -3.22. The van der Waals surface area contributed by atoms with E-state index in [1.165, 1.54) is 0 Å². The van der Waals surface area contributed by atoms with Crippen LogP contribution < -0.4 is 5.32 Å². The van der Waals surface area contributed by atoms with E-state index in [0.29, 0.717) is 12.0 Å². The zero-order chi connectivity index (χ0) is 20.4. The van der Waals surface area contributed by atoms with Gasteiger partial charge in [0.15, 0.2) is 0 Å². The number of rotatable bonds is 5. The van der Waals surface area contributed by atoms with Crippen LogP contribution in [0.4, 0.5) is 0 Å². The van der Waals surface area contributed by atoms with Crippen LogP contribution in [0.1, 0.15) is 43.0 Å². The zero-order valence-corrected chi connectivity index (χ0v) is 16.7. The molecule has 1 aliphatic carbocycles. The van der Waals surface area contributed by atoms with Gasteiger partial charge in [0.1, 0.15) is 5.65 Å². The standard InChI is InChI=1S/C22H25N5O2/c1-3-21(28)25-17-6-7-18(12-17)26(2)22(29)15-4-8-19(24-13-15)16-5-9-20-23-10-11-27(20)14-16/h4-5,8-11,13-14,17-18H,3,6-7,12H2,1-2H3,(H,25,28). The number of hydrogen-bond donors (Lipinski definition) is 1. The second-order valence-corrected chi connectivity index (χ2v) is 7.54. The molecule has 1 fully saturated rings. The Morgan fingerprint density at radius 3 is 2.83 bits per heavy atom. The van der Waals surface area contributed by atoms with Gasteiger partial charge in [-0.3, -0.25) is 14.6 Å². The summed E-state index contributed by atoms with van der Waals surface area (Å²) in [6.45, 7) is 1.85. The minimum atomic E-state index is -0.0402. The Labute approximate surface area is 169 Å². The number of aromatic nitrogens is 3. The number of hydrogen-bond acceptors (Lipinski definition) is 4. The van der Waals surface area contributed by atoms with Crippen LogP contribution in [-0.2, 0) is 4.79 Å². The van der Waals surface area contributed by atoms with E-state index in [1.807, 2.05) is 55.0 Å². The van der Waals surface area contributed by atoms with E-state index in [9.17, 15) is 9.59 Å². The fourth-order valence-electron chi connectivity index (χ4n) is 3.90. The van der Waals surface area contributed by atoms with Crippen LogP contribution in [0.25, 0.3) is 16.9 Å². The minimum Gasteiger partial charge on any atom is -0.353 e. The lowest BCUT2D eigenvalue weighted by atomic mass is 10.1. The van der Waals surface area contributed by atoms with Crippen molar-refractivity contribution >= 4 is 17.5 Å². The Bertz CT molecular complexity index is 1030. The fraction of sp³-hybridized carbons (Fsp3) is 0.364. The third-order valence-corrected chi connectivity index (χ3v) is 5.65. The maximum absolute atomic E-state index is 12.9. The van der Waals surface area contributed by atoms with Crippen molar-refractivity contribution in [2.75, 3.05) is 7.05 Å². The lowest BCUT2D eigenvalue weighted by Crippen LogP contribution is -2.38. The molecule has 0 bridgehead atoms. The third kappa shape index (κ3) is 3.99. The van der Waals surface area contributed by atoms with E-state index >= 15 is 0 Å². The molecule has 1 saturated carbocycles. The molecule has 29 heavy (non-hydrogen) atoms. The molecule has 150 valence electrons. The Balaban J connectivity index is 1.43. The van der Waals surface area contributed by atoms with Crippen molar-refractivity contribution in [1.29, 1.82) is 0 Å². The molecule has 0 radical (unpaired) electrons. The van der Waals surface area contributed by atoms with E-state index in [0.717, 1.165) is 36.2 Å². The van der Waals surface area contributed by atoms with Crippen LogP contribution in [0, 0.1) is 0 Å². The molecule has 0 spiro atoms. The summed E-state index contributed by atoms with van der Waals surface area (Å²) in [4.78, 5) is 35.0. The van der Waals surface area contributed by atoms with E-state index in [-0.39, 0.29) is 23.9 Å². The number of carbonyl (C=O) groups is 2. The topological polar surface area (TPSA) is 79.6 Å². The van der Waals surface area contributed by atoms with E-state index < -0.39 is 0 Å². The van der Waals surface area contributed by atoms with Crippen LogP contribution >= 0.6 is 0 Å². The first-order valence-electron chi connectivity index (χ1n) is 10.0. The van der Waals surface area contributed by atoms with Gasteiger partial charge < -0.3 is 14.6 Å². The number of fused-ring (bicyclic) bond motifs is 1. The Morgan fingerprint density at radius 2 is 2.07 bits per heavy atom. The molecule has 4 rings (SSSR count). The van der Waals surface area contributed by atoms with Crippen LogP contribution in [0.5, 0.6) is 0 Å². The number of imidazole rings is 1. The number of nitrogens with one attached hydrogen (secondary N) is 1. The molecule has 3 heterocycles. The molecule has 0 saturated heterocycles. The van der Waals surface area contributed by atoms with Gasteiger partial charge in [-0.1, -0.05) is 6.92 Å². The molecule has 2 unspecified atom stereocenters. The fourth-order valence-corrected chi connectivity index (χ4v) is 3.90. The summed E-state index contributed by atoms with van der Waals surface area (Å²) in [5, 5.41) is 3.03. The highest BCUT2D eigenvalue weighted by molar-refractivity contribution is 5.94. The molecule has 2 amide bonds. The average molecular weight is 391 g/mol. The predicted octanol–water partition coefficient (Wildman–Crippen LogP) is 2.92. The Morgan fingerprint density at radius 1 is 1.21 bits per heavy atom. The number of pyridine rings is 2. The summed E-state index contributed by atoms with van der Waals surface area (Å²) >= 11 is 0. The summed E-state index contributed by atoms with van der Waals surface area (Å²) < 4.78 is 1.94. The first-order valence-corrected chi connectivity index (χ1v) is 10.0. The zero-order valence-electron chi connectivity index (χ0n) is 16.7. The molecule has 0 aliphatic heterocycles. The molecule has 1 aliphatic rings. The molecule has 7 nitrogen and oxygen atoms in total. The molecule has 7 heteroatoms. The van der Waals surface area contributed by atoms with Crippen molar-refractivity contribution in [1.82, 2.24) is 24.6 Å². The lowest BCUT2D eigenvalue weighted by molar-refractivity contribution is -0.121. The van der Waals surface area contributed by atoms with Gasteiger partial charge in [0.25, 0.3) is 5.91 Å².